The molecular formula is C21H26F3N5O7. The molecule has 0 aliphatic heterocycles. The van der Waals surface area contributed by atoms with E-state index in [-0.39, 0.29) is 11.3 Å². The van der Waals surface area contributed by atoms with E-state index < -0.39 is 72.2 Å². The van der Waals surface area contributed by atoms with Gasteiger partial charge in [-0.2, -0.15) is 13.2 Å². The van der Waals surface area contributed by atoms with E-state index in [1.807, 2.05) is 0 Å². The Morgan fingerprint density at radius 1 is 1.06 bits per heavy atom. The Hall–Kier alpha value is -3.88. The van der Waals surface area contributed by atoms with Gasteiger partial charge in [0.25, 0.3) is 5.91 Å². The number of amides is 4. The smallest absolute Gasteiger partial charge is 0.385 e. The summed E-state index contributed by atoms with van der Waals surface area (Å²) < 4.78 is 41.6. The first-order valence-electron chi connectivity index (χ1n) is 10.5. The van der Waals surface area contributed by atoms with Gasteiger partial charge < -0.3 is 21.5 Å². The van der Waals surface area contributed by atoms with Crippen LogP contribution >= 0.6 is 0 Å². The van der Waals surface area contributed by atoms with Crippen LogP contribution in [-0.4, -0.2) is 69.8 Å². The highest BCUT2D eigenvalue weighted by atomic mass is 19.4. The molecule has 0 radical (unpaired) electrons. The van der Waals surface area contributed by atoms with Crippen LogP contribution in [0.5, 0.6) is 0 Å². The van der Waals surface area contributed by atoms with Crippen molar-refractivity contribution in [2.75, 3.05) is 0 Å². The van der Waals surface area contributed by atoms with Crippen molar-refractivity contribution < 1.29 is 46.7 Å². The molecule has 5 N–H and O–H groups in total. The third-order valence-electron chi connectivity index (χ3n) is 4.74. The monoisotopic (exact) mass is 517 g/mol. The quantitative estimate of drug-likeness (QED) is 0.267. The normalized spacial score (nSPS) is 13.8. The first kappa shape index (κ1) is 30.2. The molecule has 36 heavy (non-hydrogen) atoms. The van der Waals surface area contributed by atoms with E-state index >= 15 is 0 Å². The average Bonchev–Trinajstić information content (AvgIpc) is 2.77. The number of aromatic nitrogens is 1. The van der Waals surface area contributed by atoms with Crippen LogP contribution < -0.4 is 16.8 Å². The Morgan fingerprint density at radius 2 is 1.61 bits per heavy atom. The number of halogens is 3. The molecule has 1 heterocycles. The van der Waals surface area contributed by atoms with Crippen LogP contribution in [0.3, 0.4) is 0 Å². The Kier molecular flexibility index (Phi) is 10.6. The predicted octanol–water partition coefficient (Wildman–Crippen LogP) is -0.657. The number of nitrogens with two attached hydrogens (primary N) is 2. The lowest BCUT2D eigenvalue weighted by molar-refractivity contribution is -0.204. The van der Waals surface area contributed by atoms with Crippen LogP contribution in [0, 0.1) is 5.92 Å². The van der Waals surface area contributed by atoms with Crippen LogP contribution in [0.1, 0.15) is 32.8 Å². The van der Waals surface area contributed by atoms with Gasteiger partial charge in [0.15, 0.2) is 0 Å². The molecule has 4 amide bonds. The van der Waals surface area contributed by atoms with Gasteiger partial charge in [0.1, 0.15) is 12.1 Å². The molecule has 0 bridgehead atoms. The van der Waals surface area contributed by atoms with Crippen molar-refractivity contribution in [3.05, 3.63) is 30.1 Å². The molecule has 0 saturated heterocycles. The van der Waals surface area contributed by atoms with Crippen molar-refractivity contribution in [1.82, 2.24) is 15.2 Å². The second-order valence-corrected chi connectivity index (χ2v) is 8.03. The zero-order valence-corrected chi connectivity index (χ0v) is 19.6. The highest BCUT2D eigenvalue weighted by Crippen LogP contribution is 2.19. The van der Waals surface area contributed by atoms with Crippen LogP contribution in [0.25, 0.3) is 0 Å². The SMILES string of the molecule is CC(C)[C@@H](N)C(=O)N(C(=O)[C@@H](C)NC(=O)Cc1ccncc1)[C@H](CC(N)=O)C(=O)OC(=O)C(F)(F)F. The van der Waals surface area contributed by atoms with Crippen molar-refractivity contribution >= 4 is 35.6 Å². The second-order valence-electron chi connectivity index (χ2n) is 8.03. The molecule has 12 nitrogen and oxygen atoms in total. The van der Waals surface area contributed by atoms with E-state index in [1.54, 1.807) is 0 Å². The molecule has 1 aromatic rings. The van der Waals surface area contributed by atoms with E-state index in [0.29, 0.717) is 5.56 Å². The van der Waals surface area contributed by atoms with Gasteiger partial charge in [0, 0.05) is 12.4 Å². The summed E-state index contributed by atoms with van der Waals surface area (Å²) in [5.41, 5.74) is 11.4. The van der Waals surface area contributed by atoms with E-state index in [0.717, 1.165) is 6.92 Å². The number of hydrogen-bond donors (Lipinski definition) is 3. The number of carbonyl (C=O) groups is 6. The maximum absolute atomic E-state index is 13.2. The standard InChI is InChI=1S/C21H26F3N5O7/c1-10(2)16(26)18(33)29(13(9-14(25)30)19(34)36-20(35)21(22,23)24)17(32)11(3)28-15(31)8-12-4-6-27-7-5-12/h4-7,10-11,13,16H,8-9,26H2,1-3H3,(H2,25,30)(H,28,31)/t11-,13-,16-/m1/s1. The van der Waals surface area contributed by atoms with Crippen LogP contribution in [-0.2, 0) is 39.9 Å². The van der Waals surface area contributed by atoms with Crippen molar-refractivity contribution in [2.24, 2.45) is 17.4 Å². The van der Waals surface area contributed by atoms with Crippen LogP contribution in [0.15, 0.2) is 24.5 Å². The summed E-state index contributed by atoms with van der Waals surface area (Å²) in [5, 5.41) is 2.28. The number of nitrogens with one attached hydrogen (secondary N) is 1. The van der Waals surface area contributed by atoms with E-state index in [9.17, 15) is 41.9 Å². The van der Waals surface area contributed by atoms with E-state index in [4.69, 9.17) is 11.5 Å². The lowest BCUT2D eigenvalue weighted by Crippen LogP contribution is -2.60. The van der Waals surface area contributed by atoms with Gasteiger partial charge in [-0.3, -0.25) is 29.1 Å². The molecule has 1 rings (SSSR count). The molecule has 15 heteroatoms. The summed E-state index contributed by atoms with van der Waals surface area (Å²) in [6.45, 7) is 4.07. The fourth-order valence-corrected chi connectivity index (χ4v) is 2.80. The van der Waals surface area contributed by atoms with Gasteiger partial charge in [-0.1, -0.05) is 13.8 Å². The third kappa shape index (κ3) is 8.72. The Morgan fingerprint density at radius 3 is 2.08 bits per heavy atom. The van der Waals surface area contributed by atoms with E-state index in [2.05, 4.69) is 15.0 Å². The fraction of sp³-hybridized carbons (Fsp3) is 0.476. The average molecular weight is 517 g/mol. The first-order chi connectivity index (χ1) is 16.6. The van der Waals surface area contributed by atoms with Crippen molar-refractivity contribution in [1.29, 1.82) is 0 Å². The second kappa shape index (κ2) is 12.7. The number of primary amides is 1. The maximum Gasteiger partial charge on any atom is 0.491 e. The molecule has 1 aromatic heterocycles. The van der Waals surface area contributed by atoms with E-state index in [1.165, 1.54) is 38.4 Å². The lowest BCUT2D eigenvalue weighted by atomic mass is 10.0. The van der Waals surface area contributed by atoms with Gasteiger partial charge in [-0.15, -0.1) is 0 Å². The van der Waals surface area contributed by atoms with Crippen LogP contribution in [0.2, 0.25) is 0 Å². The van der Waals surface area contributed by atoms with Gasteiger partial charge in [-0.25, -0.2) is 9.59 Å². The Bertz CT molecular complexity index is 1000. The van der Waals surface area contributed by atoms with Gasteiger partial charge >= 0.3 is 18.1 Å². The molecule has 0 unspecified atom stereocenters. The summed E-state index contributed by atoms with van der Waals surface area (Å²) in [4.78, 5) is 77.6. The van der Waals surface area contributed by atoms with Crippen molar-refractivity contribution in [3.63, 3.8) is 0 Å². The molecule has 198 valence electrons. The number of alkyl halides is 3. The minimum atomic E-state index is -5.59. The molecule has 0 saturated carbocycles. The van der Waals surface area contributed by atoms with Gasteiger partial charge in [0.05, 0.1) is 18.9 Å². The molecule has 0 aliphatic rings. The molecule has 0 aromatic carbocycles. The van der Waals surface area contributed by atoms with Crippen molar-refractivity contribution in [2.45, 2.75) is 57.9 Å². The molecule has 0 fully saturated rings. The lowest BCUT2D eigenvalue weighted by Gasteiger charge is -2.32. The largest absolute Gasteiger partial charge is 0.491 e. The molecular weight excluding hydrogens is 491 g/mol. The summed E-state index contributed by atoms with van der Waals surface area (Å²) in [6.07, 6.45) is -4.12. The zero-order chi connectivity index (χ0) is 27.8. The number of imide groups is 1. The number of carbonyl (C=O) groups excluding carboxylic acids is 6. The fourth-order valence-electron chi connectivity index (χ4n) is 2.80. The minimum absolute atomic E-state index is 0.0960. The zero-order valence-electron chi connectivity index (χ0n) is 19.6. The van der Waals surface area contributed by atoms with Gasteiger partial charge in [0.2, 0.25) is 17.7 Å². The topological polar surface area (TPSA) is 192 Å². The predicted molar refractivity (Wildman–Crippen MR) is 115 cm³/mol. The summed E-state index contributed by atoms with van der Waals surface area (Å²) in [6, 6.07) is -2.29. The minimum Gasteiger partial charge on any atom is -0.385 e. The summed E-state index contributed by atoms with van der Waals surface area (Å²) >= 11 is 0. The molecule has 0 aliphatic carbocycles. The third-order valence-corrected chi connectivity index (χ3v) is 4.74. The number of pyridine rings is 1. The highest BCUT2D eigenvalue weighted by molar-refractivity contribution is 6.06. The molecule has 0 spiro atoms. The number of nitrogens with zero attached hydrogens (tertiary/aromatic N) is 2. The maximum atomic E-state index is 13.2. The number of hydrogen-bond acceptors (Lipinski definition) is 9. The number of ether oxygens (including phenoxy) is 1. The summed E-state index contributed by atoms with van der Waals surface area (Å²) in [5.74, 6) is -10.2. The van der Waals surface area contributed by atoms with Crippen molar-refractivity contribution in [3.8, 4) is 0 Å². The first-order valence-corrected chi connectivity index (χ1v) is 10.5. The number of esters is 2. The van der Waals surface area contributed by atoms with Gasteiger partial charge in [-0.05, 0) is 30.5 Å². The Balaban J connectivity index is 3.31. The Labute approximate surface area is 203 Å². The number of rotatable bonds is 10. The molecule has 3 atom stereocenters. The highest BCUT2D eigenvalue weighted by Gasteiger charge is 2.47. The summed E-state index contributed by atoms with van der Waals surface area (Å²) in [7, 11) is 0. The van der Waals surface area contributed by atoms with Crippen LogP contribution in [0.4, 0.5) is 13.2 Å².